The largest absolute Gasteiger partial charge is 0.462 e. The van der Waals surface area contributed by atoms with Gasteiger partial charge >= 0.3 is 5.97 Å². The first-order valence-electron chi connectivity index (χ1n) is 3.70. The summed E-state index contributed by atoms with van der Waals surface area (Å²) in [5.74, 6) is -0.243. The Hall–Kier alpha value is 0.130. The van der Waals surface area contributed by atoms with E-state index in [0.717, 1.165) is 9.35 Å². The van der Waals surface area contributed by atoms with Gasteiger partial charge in [-0.3, -0.25) is 0 Å². The molecule has 0 radical (unpaired) electrons. The maximum atomic E-state index is 11.4. The Morgan fingerprint density at radius 2 is 2.38 bits per heavy atom. The third-order valence-corrected chi connectivity index (χ3v) is 3.65. The number of rotatable bonds is 3. The summed E-state index contributed by atoms with van der Waals surface area (Å²) < 4.78 is 5.86. The molecule has 2 nitrogen and oxygen atoms in total. The predicted octanol–water partition coefficient (Wildman–Crippen LogP) is 3.58. The maximum Gasteiger partial charge on any atom is 0.348 e. The molecular weight excluding hydrogens is 320 g/mol. The van der Waals surface area contributed by atoms with E-state index in [1.165, 1.54) is 11.3 Å². The Bertz CT molecular complexity index is 309. The van der Waals surface area contributed by atoms with Gasteiger partial charge in [-0.15, -0.1) is 11.3 Å². The number of carbonyl (C=O) groups excluding carboxylic acids is 1. The van der Waals surface area contributed by atoms with Crippen LogP contribution < -0.4 is 0 Å². The first kappa shape index (κ1) is 11.2. The molecule has 0 aliphatic rings. The third kappa shape index (κ3) is 2.79. The summed E-state index contributed by atoms with van der Waals surface area (Å²) in [6.07, 6.45) is 0. The fraction of sp³-hybridized carbons (Fsp3) is 0.375. The van der Waals surface area contributed by atoms with Crippen LogP contribution in [-0.2, 0) is 10.1 Å². The van der Waals surface area contributed by atoms with Crippen molar-refractivity contribution in [3.63, 3.8) is 0 Å². The predicted molar refractivity (Wildman–Crippen MR) is 60.6 cm³/mol. The van der Waals surface area contributed by atoms with Crippen LogP contribution >= 0.6 is 43.2 Å². The van der Waals surface area contributed by atoms with Crippen LogP contribution in [0.2, 0.25) is 0 Å². The van der Waals surface area contributed by atoms with Crippen molar-refractivity contribution in [1.29, 1.82) is 0 Å². The van der Waals surface area contributed by atoms with Crippen LogP contribution in [0.5, 0.6) is 0 Å². The van der Waals surface area contributed by atoms with Gasteiger partial charge in [-0.25, -0.2) is 4.79 Å². The Balaban J connectivity index is 2.91. The van der Waals surface area contributed by atoms with Gasteiger partial charge < -0.3 is 4.74 Å². The topological polar surface area (TPSA) is 26.3 Å². The second-order valence-electron chi connectivity index (χ2n) is 2.26. The molecule has 1 rings (SSSR count). The molecule has 1 aromatic heterocycles. The van der Waals surface area contributed by atoms with Gasteiger partial charge in [0, 0.05) is 5.33 Å². The fourth-order valence-electron chi connectivity index (χ4n) is 0.864. The molecule has 5 heteroatoms. The zero-order valence-electron chi connectivity index (χ0n) is 6.97. The molecule has 0 N–H and O–H groups in total. The number of hydrogen-bond acceptors (Lipinski definition) is 3. The summed E-state index contributed by atoms with van der Waals surface area (Å²) in [7, 11) is 0. The van der Waals surface area contributed by atoms with Crippen molar-refractivity contribution in [3.8, 4) is 0 Å². The van der Waals surface area contributed by atoms with E-state index in [2.05, 4.69) is 31.9 Å². The summed E-state index contributed by atoms with van der Waals surface area (Å²) in [5.41, 5.74) is 0.968. The molecule has 0 aromatic carbocycles. The van der Waals surface area contributed by atoms with Crippen molar-refractivity contribution in [3.05, 3.63) is 20.3 Å². The second kappa shape index (κ2) is 5.12. The summed E-state index contributed by atoms with van der Waals surface area (Å²) in [6, 6.07) is 1.92. The lowest BCUT2D eigenvalue weighted by Gasteiger charge is -1.99. The van der Waals surface area contributed by atoms with Crippen molar-refractivity contribution < 1.29 is 9.53 Å². The molecule has 0 amide bonds. The Morgan fingerprint density at radius 1 is 1.69 bits per heavy atom. The Kier molecular flexibility index (Phi) is 4.41. The molecule has 1 heterocycles. The van der Waals surface area contributed by atoms with E-state index in [-0.39, 0.29) is 5.97 Å². The molecule has 0 aliphatic heterocycles. The average molecular weight is 328 g/mol. The molecule has 0 aliphatic carbocycles. The van der Waals surface area contributed by atoms with E-state index in [9.17, 15) is 4.79 Å². The van der Waals surface area contributed by atoms with Crippen LogP contribution in [-0.4, -0.2) is 12.6 Å². The van der Waals surface area contributed by atoms with Gasteiger partial charge in [0.25, 0.3) is 0 Å². The Morgan fingerprint density at radius 3 is 2.92 bits per heavy atom. The minimum absolute atomic E-state index is 0.243. The molecule has 0 fully saturated rings. The summed E-state index contributed by atoms with van der Waals surface area (Å²) >= 11 is 8.05. The highest BCUT2D eigenvalue weighted by Gasteiger charge is 2.15. The van der Waals surface area contributed by atoms with E-state index in [4.69, 9.17) is 4.74 Å². The monoisotopic (exact) mass is 326 g/mol. The van der Waals surface area contributed by atoms with Gasteiger partial charge in [-0.1, -0.05) is 15.9 Å². The van der Waals surface area contributed by atoms with Crippen molar-refractivity contribution in [2.75, 3.05) is 6.61 Å². The molecule has 0 spiro atoms. The highest BCUT2D eigenvalue weighted by atomic mass is 79.9. The fourth-order valence-corrected chi connectivity index (χ4v) is 3.05. The summed E-state index contributed by atoms with van der Waals surface area (Å²) in [4.78, 5) is 12.1. The third-order valence-electron chi connectivity index (χ3n) is 1.38. The minimum atomic E-state index is -0.243. The van der Waals surface area contributed by atoms with E-state index < -0.39 is 0 Å². The van der Waals surface area contributed by atoms with E-state index in [1.54, 1.807) is 6.92 Å². The van der Waals surface area contributed by atoms with Crippen LogP contribution in [0.15, 0.2) is 9.85 Å². The van der Waals surface area contributed by atoms with Gasteiger partial charge in [-0.2, -0.15) is 0 Å². The molecule has 0 saturated carbocycles. The molecule has 0 unspecified atom stereocenters. The number of hydrogen-bond donors (Lipinski definition) is 0. The lowest BCUT2D eigenvalue weighted by Crippen LogP contribution is -2.04. The molecule has 0 saturated heterocycles. The quantitative estimate of drug-likeness (QED) is 0.626. The zero-order chi connectivity index (χ0) is 9.84. The lowest BCUT2D eigenvalue weighted by molar-refractivity contribution is 0.0531. The van der Waals surface area contributed by atoms with Crippen LogP contribution in [0.4, 0.5) is 0 Å². The number of alkyl halides is 1. The number of halogens is 2. The lowest BCUT2D eigenvalue weighted by atomic mass is 10.3. The van der Waals surface area contributed by atoms with Gasteiger partial charge in [-0.05, 0) is 34.5 Å². The number of esters is 1. The smallest absolute Gasteiger partial charge is 0.348 e. The minimum Gasteiger partial charge on any atom is -0.462 e. The number of carbonyl (C=O) groups is 1. The standard InChI is InChI=1S/C8H8Br2O2S/c1-2-12-8(11)7-5(4-9)3-6(10)13-7/h3H,2,4H2,1H3. The molecule has 1 aromatic rings. The summed E-state index contributed by atoms with van der Waals surface area (Å²) in [5, 5.41) is 0.670. The first-order valence-corrected chi connectivity index (χ1v) is 6.43. The van der Waals surface area contributed by atoms with Gasteiger partial charge in [0.1, 0.15) is 4.88 Å². The molecule has 0 bridgehead atoms. The van der Waals surface area contributed by atoms with Crippen molar-refractivity contribution >= 4 is 49.2 Å². The van der Waals surface area contributed by atoms with Crippen LogP contribution in [0.1, 0.15) is 22.2 Å². The normalized spacial score (nSPS) is 10.1. The molecule has 13 heavy (non-hydrogen) atoms. The van der Waals surface area contributed by atoms with Crippen molar-refractivity contribution in [1.82, 2.24) is 0 Å². The zero-order valence-corrected chi connectivity index (χ0v) is 11.0. The van der Waals surface area contributed by atoms with Crippen LogP contribution in [0, 0.1) is 0 Å². The maximum absolute atomic E-state index is 11.4. The van der Waals surface area contributed by atoms with Gasteiger partial charge in [0.05, 0.1) is 10.4 Å². The van der Waals surface area contributed by atoms with E-state index in [1.807, 2.05) is 6.07 Å². The van der Waals surface area contributed by atoms with Crippen LogP contribution in [0.3, 0.4) is 0 Å². The number of thiophene rings is 1. The molecule has 0 atom stereocenters. The highest BCUT2D eigenvalue weighted by molar-refractivity contribution is 9.11. The van der Waals surface area contributed by atoms with Crippen LogP contribution in [0.25, 0.3) is 0 Å². The average Bonchev–Trinajstić information content (AvgIpc) is 2.47. The summed E-state index contributed by atoms with van der Waals surface area (Å²) in [6.45, 7) is 2.21. The first-order chi connectivity index (χ1) is 6.19. The Labute approximate surface area is 97.5 Å². The van der Waals surface area contributed by atoms with Gasteiger partial charge in [0.15, 0.2) is 0 Å². The van der Waals surface area contributed by atoms with E-state index >= 15 is 0 Å². The molecule has 72 valence electrons. The van der Waals surface area contributed by atoms with Gasteiger partial charge in [0.2, 0.25) is 0 Å². The highest BCUT2D eigenvalue weighted by Crippen LogP contribution is 2.29. The van der Waals surface area contributed by atoms with Crippen molar-refractivity contribution in [2.45, 2.75) is 12.3 Å². The molecular formula is C8H8Br2O2S. The van der Waals surface area contributed by atoms with Crippen molar-refractivity contribution in [2.24, 2.45) is 0 Å². The SMILES string of the molecule is CCOC(=O)c1sc(Br)cc1CBr. The van der Waals surface area contributed by atoms with E-state index in [0.29, 0.717) is 16.8 Å². The second-order valence-corrected chi connectivity index (χ2v) is 5.25. The number of ether oxygens (including phenoxy) is 1.